The number of nitrogens with one attached hydrogen (secondary N) is 2. The van der Waals surface area contributed by atoms with E-state index in [-0.39, 0.29) is 36.2 Å². The van der Waals surface area contributed by atoms with Gasteiger partial charge in [-0.25, -0.2) is 22.6 Å². The monoisotopic (exact) mass is 652 g/mol. The quantitative estimate of drug-likeness (QED) is 0.239. The van der Waals surface area contributed by atoms with Gasteiger partial charge in [0, 0.05) is 12.1 Å². The van der Waals surface area contributed by atoms with Crippen LogP contribution in [0.15, 0.2) is 66.7 Å². The first-order valence-corrected chi connectivity index (χ1v) is 17.8. The number of esters is 1. The van der Waals surface area contributed by atoms with Gasteiger partial charge in [-0.2, -0.15) is 5.10 Å². The van der Waals surface area contributed by atoms with Crippen molar-refractivity contribution < 1.29 is 32.2 Å². The fourth-order valence-corrected chi connectivity index (χ4v) is 7.45. The fourth-order valence-electron chi connectivity index (χ4n) is 6.12. The van der Waals surface area contributed by atoms with E-state index in [1.807, 2.05) is 60.7 Å². The van der Waals surface area contributed by atoms with Crippen LogP contribution in [0.2, 0.25) is 0 Å². The van der Waals surface area contributed by atoms with Crippen molar-refractivity contribution in [1.29, 1.82) is 0 Å². The standard InChI is InChI=1S/C34H44N4O7S/c1-2-43-34(40)29-21-30(33(39)35-27-17-9-11-19-31(27)44-22-25-13-5-3-6-14-25)38(36-29)24-46(41,42)37-28-18-10-12-20-32(28)45-23-26-15-7-4-8-16-26/h3-8,13-16,21,27-28,31-32,37H,2,9-12,17-20,22-24H2,1H3,(H,35,39)/t27-,28-,31-,32-/m0/s1. The van der Waals surface area contributed by atoms with Crippen molar-refractivity contribution in [3.8, 4) is 0 Å². The summed E-state index contributed by atoms with van der Waals surface area (Å²) in [6, 6.07) is 20.2. The van der Waals surface area contributed by atoms with E-state index in [0.29, 0.717) is 19.6 Å². The number of nitrogens with zero attached hydrogens (tertiary/aromatic N) is 2. The van der Waals surface area contributed by atoms with E-state index in [4.69, 9.17) is 14.2 Å². The summed E-state index contributed by atoms with van der Waals surface area (Å²) >= 11 is 0. The molecule has 2 N–H and O–H groups in total. The Hall–Kier alpha value is -3.58. The van der Waals surface area contributed by atoms with Gasteiger partial charge in [-0.1, -0.05) is 86.3 Å². The first-order valence-electron chi connectivity index (χ1n) is 16.2. The maximum Gasteiger partial charge on any atom is 0.358 e. The topological polar surface area (TPSA) is 138 Å². The van der Waals surface area contributed by atoms with Gasteiger partial charge in [0.05, 0.1) is 38.1 Å². The van der Waals surface area contributed by atoms with Crippen LogP contribution in [-0.2, 0) is 43.3 Å². The number of amides is 1. The molecule has 2 aliphatic carbocycles. The lowest BCUT2D eigenvalue weighted by Gasteiger charge is -2.32. The highest BCUT2D eigenvalue weighted by Crippen LogP contribution is 2.25. The number of ether oxygens (including phenoxy) is 3. The van der Waals surface area contributed by atoms with E-state index in [0.717, 1.165) is 60.8 Å². The minimum Gasteiger partial charge on any atom is -0.461 e. The highest BCUT2D eigenvalue weighted by Gasteiger charge is 2.33. The summed E-state index contributed by atoms with van der Waals surface area (Å²) in [5.74, 6) is -1.90. The smallest absolute Gasteiger partial charge is 0.358 e. The molecule has 0 saturated heterocycles. The average Bonchev–Trinajstić information content (AvgIpc) is 3.48. The van der Waals surface area contributed by atoms with Crippen molar-refractivity contribution in [3.05, 3.63) is 89.2 Å². The molecule has 46 heavy (non-hydrogen) atoms. The van der Waals surface area contributed by atoms with Crippen LogP contribution < -0.4 is 10.0 Å². The van der Waals surface area contributed by atoms with Gasteiger partial charge in [0.15, 0.2) is 11.6 Å². The zero-order valence-electron chi connectivity index (χ0n) is 26.3. The maximum absolute atomic E-state index is 13.7. The molecule has 1 heterocycles. The molecule has 3 aromatic rings. The molecule has 2 aliphatic rings. The van der Waals surface area contributed by atoms with Crippen molar-refractivity contribution >= 4 is 21.9 Å². The third-order valence-electron chi connectivity index (χ3n) is 8.46. The highest BCUT2D eigenvalue weighted by molar-refractivity contribution is 7.88. The Morgan fingerprint density at radius 3 is 1.96 bits per heavy atom. The Morgan fingerprint density at radius 2 is 1.37 bits per heavy atom. The van der Waals surface area contributed by atoms with Crippen molar-refractivity contribution in [1.82, 2.24) is 19.8 Å². The number of hydrogen-bond donors (Lipinski definition) is 2. The number of rotatable bonds is 14. The molecule has 0 spiro atoms. The van der Waals surface area contributed by atoms with Crippen LogP contribution in [0.3, 0.4) is 0 Å². The summed E-state index contributed by atoms with van der Waals surface area (Å²) in [5, 5.41) is 7.25. The predicted molar refractivity (Wildman–Crippen MR) is 172 cm³/mol. The second-order valence-corrected chi connectivity index (χ2v) is 13.6. The molecular weight excluding hydrogens is 608 g/mol. The minimum absolute atomic E-state index is 0.0404. The Morgan fingerprint density at radius 1 is 0.826 bits per heavy atom. The molecule has 1 amide bonds. The van der Waals surface area contributed by atoms with Crippen LogP contribution in [0.25, 0.3) is 0 Å². The maximum atomic E-state index is 13.7. The lowest BCUT2D eigenvalue weighted by atomic mass is 9.92. The third-order valence-corrected chi connectivity index (χ3v) is 9.70. The van der Waals surface area contributed by atoms with E-state index in [1.165, 1.54) is 6.07 Å². The number of benzene rings is 2. The Labute approximate surface area is 271 Å². The average molecular weight is 653 g/mol. The van der Waals surface area contributed by atoms with Crippen LogP contribution in [0.1, 0.15) is 90.4 Å². The Bertz CT molecular complexity index is 1530. The van der Waals surface area contributed by atoms with E-state index in [1.54, 1.807) is 6.92 Å². The van der Waals surface area contributed by atoms with Gasteiger partial charge in [0.1, 0.15) is 5.69 Å². The normalized spacial score (nSPS) is 21.8. The molecule has 11 nitrogen and oxygen atoms in total. The number of aromatic nitrogens is 2. The zero-order chi connectivity index (χ0) is 32.4. The Kier molecular flexibility index (Phi) is 12.0. The van der Waals surface area contributed by atoms with E-state index < -0.39 is 33.8 Å². The summed E-state index contributed by atoms with van der Waals surface area (Å²) in [5.41, 5.74) is 1.88. The molecule has 0 bridgehead atoms. The molecule has 0 radical (unpaired) electrons. The van der Waals surface area contributed by atoms with Gasteiger partial charge in [-0.15, -0.1) is 0 Å². The molecule has 4 atom stereocenters. The molecule has 2 fully saturated rings. The van der Waals surface area contributed by atoms with Crippen LogP contribution in [0.4, 0.5) is 0 Å². The van der Waals surface area contributed by atoms with Gasteiger partial charge in [0.2, 0.25) is 10.0 Å². The molecule has 1 aromatic heterocycles. The van der Waals surface area contributed by atoms with E-state index in [2.05, 4.69) is 15.1 Å². The van der Waals surface area contributed by atoms with Crippen LogP contribution in [0, 0.1) is 0 Å². The first kappa shape index (κ1) is 33.8. The lowest BCUT2D eigenvalue weighted by Crippen LogP contribution is -2.48. The third kappa shape index (κ3) is 9.47. The second-order valence-electron chi connectivity index (χ2n) is 11.9. The van der Waals surface area contributed by atoms with E-state index >= 15 is 0 Å². The van der Waals surface area contributed by atoms with Gasteiger partial charge >= 0.3 is 5.97 Å². The molecular formula is C34H44N4O7S. The van der Waals surface area contributed by atoms with Crippen molar-refractivity contribution in [2.45, 2.75) is 102 Å². The number of hydrogen-bond acceptors (Lipinski definition) is 8. The van der Waals surface area contributed by atoms with Crippen LogP contribution in [-0.4, -0.2) is 61.0 Å². The zero-order valence-corrected chi connectivity index (χ0v) is 27.1. The van der Waals surface area contributed by atoms with Gasteiger partial charge in [-0.05, 0) is 43.7 Å². The highest BCUT2D eigenvalue weighted by atomic mass is 32.2. The Balaban J connectivity index is 1.28. The van der Waals surface area contributed by atoms with Crippen LogP contribution in [0.5, 0.6) is 0 Å². The minimum atomic E-state index is -4.00. The summed E-state index contributed by atoms with van der Waals surface area (Å²) < 4.78 is 48.4. The lowest BCUT2D eigenvalue weighted by molar-refractivity contribution is -0.00471. The summed E-state index contributed by atoms with van der Waals surface area (Å²) in [7, 11) is -4.00. The molecule has 12 heteroatoms. The summed E-state index contributed by atoms with van der Waals surface area (Å²) in [4.78, 5) is 26.3. The predicted octanol–water partition coefficient (Wildman–Crippen LogP) is 4.72. The number of carbonyl (C=O) groups excluding carboxylic acids is 2. The molecule has 2 aromatic carbocycles. The molecule has 248 valence electrons. The molecule has 2 saturated carbocycles. The van der Waals surface area contributed by atoms with Crippen molar-refractivity contribution in [2.75, 3.05) is 6.61 Å². The first-order chi connectivity index (χ1) is 22.3. The van der Waals surface area contributed by atoms with Crippen molar-refractivity contribution in [2.24, 2.45) is 0 Å². The van der Waals surface area contributed by atoms with Gasteiger partial charge in [-0.3, -0.25) is 4.79 Å². The van der Waals surface area contributed by atoms with Gasteiger partial charge < -0.3 is 19.5 Å². The van der Waals surface area contributed by atoms with E-state index in [9.17, 15) is 18.0 Å². The SMILES string of the molecule is CCOC(=O)c1cc(C(=O)N[C@H]2CCCC[C@@H]2OCc2ccccc2)n(CS(=O)(=O)N[C@H]2CCCC[C@@H]2OCc2ccccc2)n1. The van der Waals surface area contributed by atoms with Crippen molar-refractivity contribution in [3.63, 3.8) is 0 Å². The largest absolute Gasteiger partial charge is 0.461 e. The second kappa shape index (κ2) is 16.3. The molecule has 0 unspecified atom stereocenters. The number of carbonyl (C=O) groups is 2. The number of sulfonamides is 1. The summed E-state index contributed by atoms with van der Waals surface area (Å²) in [6.45, 7) is 2.58. The summed E-state index contributed by atoms with van der Waals surface area (Å²) in [6.07, 6.45) is 6.10. The van der Waals surface area contributed by atoms with Gasteiger partial charge in [0.25, 0.3) is 5.91 Å². The van der Waals surface area contributed by atoms with Crippen LogP contribution >= 0.6 is 0 Å². The fraction of sp³-hybridized carbons (Fsp3) is 0.500. The molecule has 5 rings (SSSR count). The molecule has 0 aliphatic heterocycles.